The Kier molecular flexibility index (Phi) is 8.09. The van der Waals surface area contributed by atoms with Crippen LogP contribution in [0.25, 0.3) is 27.7 Å². The summed E-state index contributed by atoms with van der Waals surface area (Å²) < 4.78 is 37.8. The van der Waals surface area contributed by atoms with Gasteiger partial charge >= 0.3 is 5.97 Å². The number of carboxylic acids is 1. The Morgan fingerprint density at radius 3 is 2.42 bits per heavy atom. The number of carboxylic acid groups (broad SMARTS) is 1. The molecule has 5 rings (SSSR count). The predicted octanol–water partition coefficient (Wildman–Crippen LogP) is 6.57. The molecule has 1 aromatic heterocycles. The molecule has 3 aromatic carbocycles. The van der Waals surface area contributed by atoms with Crippen molar-refractivity contribution in [2.75, 3.05) is 12.8 Å². The van der Waals surface area contributed by atoms with E-state index in [4.69, 9.17) is 15.9 Å². The van der Waals surface area contributed by atoms with Crippen LogP contribution in [0.4, 0.5) is 14.5 Å². The Morgan fingerprint density at radius 1 is 1.18 bits per heavy atom. The molecule has 1 aliphatic carbocycles. The minimum atomic E-state index is -1.57. The number of fused-ring (bicyclic) bond motifs is 1. The summed E-state index contributed by atoms with van der Waals surface area (Å²) in [6.07, 6.45) is 1.86. The van der Waals surface area contributed by atoms with E-state index in [1.54, 1.807) is 41.8 Å². The summed E-state index contributed by atoms with van der Waals surface area (Å²) >= 11 is 0. The molecular formula is C31H33F2N3O4. The van der Waals surface area contributed by atoms with Crippen molar-refractivity contribution in [3.05, 3.63) is 82.5 Å². The number of aromatic nitrogens is 1. The third kappa shape index (κ3) is 4.55. The summed E-state index contributed by atoms with van der Waals surface area (Å²) in [5.41, 5.74) is 6.77. The van der Waals surface area contributed by atoms with E-state index in [1.807, 2.05) is 13.8 Å². The first-order valence-electron chi connectivity index (χ1n) is 13.1. The van der Waals surface area contributed by atoms with Crippen molar-refractivity contribution in [2.45, 2.75) is 51.7 Å². The normalized spacial score (nSPS) is 18.4. The number of carbonyl (C=O) groups is 1. The SMILES string of the molecule is CC.COC1CCCC1(O)c1c(-c2ccc(C(=O)O)cc2)c2c(F)c(N)c(C=N)cc2n1-c1ccc(F)c(C)c1. The average molecular weight is 550 g/mol. The Hall–Kier alpha value is -4.08. The largest absolute Gasteiger partial charge is 0.478 e. The van der Waals surface area contributed by atoms with Gasteiger partial charge in [-0.05, 0) is 73.7 Å². The van der Waals surface area contributed by atoms with Gasteiger partial charge in [0.15, 0.2) is 5.82 Å². The number of methoxy groups -OCH3 is 1. The number of aliphatic hydroxyl groups is 1. The zero-order valence-corrected chi connectivity index (χ0v) is 22.9. The first-order chi connectivity index (χ1) is 19.1. The topological polar surface area (TPSA) is 122 Å². The van der Waals surface area contributed by atoms with Crippen LogP contribution in [0.1, 0.15) is 60.3 Å². The van der Waals surface area contributed by atoms with Gasteiger partial charge in [-0.2, -0.15) is 0 Å². The second kappa shape index (κ2) is 11.2. The molecule has 0 bridgehead atoms. The standard InChI is InChI=1S/C29H27F2N3O4.C2H6/c1-15-12-19(9-10-20(15)30)34-21-13-18(14-32)26(33)25(31)24(21)23(16-5-7-17(8-6-16)28(35)36)27(34)29(37)11-3-4-22(29)38-2;1-2/h5-10,12-14,22,32,37H,3-4,11,33H2,1-2H3,(H,35,36);1-2H3. The molecule has 7 nitrogen and oxygen atoms in total. The van der Waals surface area contributed by atoms with Crippen molar-refractivity contribution in [3.63, 3.8) is 0 Å². The van der Waals surface area contributed by atoms with Crippen molar-refractivity contribution < 1.29 is 28.5 Å². The molecule has 1 heterocycles. The molecule has 9 heteroatoms. The maximum Gasteiger partial charge on any atom is 0.335 e. The van der Waals surface area contributed by atoms with Crippen molar-refractivity contribution in [1.29, 1.82) is 5.41 Å². The number of anilines is 1. The lowest BCUT2D eigenvalue weighted by Gasteiger charge is -2.32. The van der Waals surface area contributed by atoms with Gasteiger partial charge in [0.25, 0.3) is 0 Å². The van der Waals surface area contributed by atoms with Crippen molar-refractivity contribution in [2.24, 2.45) is 0 Å². The minimum absolute atomic E-state index is 0.0496. The van der Waals surface area contributed by atoms with Gasteiger partial charge in [-0.3, -0.25) is 0 Å². The maximum atomic E-state index is 16.1. The lowest BCUT2D eigenvalue weighted by Crippen LogP contribution is -2.38. The summed E-state index contributed by atoms with van der Waals surface area (Å²) in [6.45, 7) is 5.61. The fourth-order valence-corrected chi connectivity index (χ4v) is 5.60. The fourth-order valence-electron chi connectivity index (χ4n) is 5.60. The van der Waals surface area contributed by atoms with Crippen LogP contribution in [0, 0.1) is 24.0 Å². The van der Waals surface area contributed by atoms with Crippen LogP contribution in [0.2, 0.25) is 0 Å². The zero-order valence-electron chi connectivity index (χ0n) is 22.9. The number of hydrogen-bond donors (Lipinski definition) is 4. The molecule has 0 saturated heterocycles. The van der Waals surface area contributed by atoms with Gasteiger partial charge in [0, 0.05) is 35.5 Å². The average Bonchev–Trinajstić information content (AvgIpc) is 3.51. The lowest BCUT2D eigenvalue weighted by atomic mass is 9.88. The monoisotopic (exact) mass is 549 g/mol. The first-order valence-corrected chi connectivity index (χ1v) is 13.1. The van der Waals surface area contributed by atoms with Crippen LogP contribution >= 0.6 is 0 Å². The van der Waals surface area contributed by atoms with Crippen LogP contribution in [-0.4, -0.2) is 40.2 Å². The number of aromatic carboxylic acids is 1. The van der Waals surface area contributed by atoms with E-state index < -0.39 is 29.3 Å². The summed E-state index contributed by atoms with van der Waals surface area (Å²) in [7, 11) is 1.50. The molecule has 0 radical (unpaired) electrons. The van der Waals surface area contributed by atoms with Gasteiger partial charge in [0.2, 0.25) is 0 Å². The highest BCUT2D eigenvalue weighted by molar-refractivity contribution is 6.05. The molecule has 2 atom stereocenters. The van der Waals surface area contributed by atoms with Gasteiger partial charge in [-0.15, -0.1) is 0 Å². The summed E-state index contributed by atoms with van der Waals surface area (Å²) in [4.78, 5) is 11.5. The highest BCUT2D eigenvalue weighted by Crippen LogP contribution is 2.50. The molecule has 1 aliphatic rings. The van der Waals surface area contributed by atoms with Crippen LogP contribution in [0.5, 0.6) is 0 Å². The number of nitrogens with zero attached hydrogens (tertiary/aromatic N) is 1. The molecule has 40 heavy (non-hydrogen) atoms. The van der Waals surface area contributed by atoms with E-state index >= 15 is 4.39 Å². The van der Waals surface area contributed by atoms with E-state index in [0.29, 0.717) is 52.9 Å². The number of benzene rings is 3. The number of nitrogen functional groups attached to an aromatic ring is 1. The molecule has 5 N–H and O–H groups in total. The van der Waals surface area contributed by atoms with Crippen molar-refractivity contribution >= 4 is 28.8 Å². The summed E-state index contributed by atoms with van der Waals surface area (Å²) in [5, 5.41) is 29.5. The number of halogens is 2. The quantitative estimate of drug-likeness (QED) is 0.160. The number of aryl methyl sites for hydroxylation is 1. The number of nitrogens with one attached hydrogen (secondary N) is 1. The van der Waals surface area contributed by atoms with Gasteiger partial charge in [0.1, 0.15) is 11.4 Å². The Labute approximate surface area is 231 Å². The van der Waals surface area contributed by atoms with Crippen LogP contribution < -0.4 is 5.73 Å². The van der Waals surface area contributed by atoms with Gasteiger partial charge in [0.05, 0.1) is 28.6 Å². The van der Waals surface area contributed by atoms with Gasteiger partial charge in [-0.25, -0.2) is 13.6 Å². The minimum Gasteiger partial charge on any atom is -0.478 e. The number of rotatable bonds is 6. The highest BCUT2D eigenvalue weighted by atomic mass is 19.1. The van der Waals surface area contributed by atoms with E-state index in [0.717, 1.165) is 6.21 Å². The lowest BCUT2D eigenvalue weighted by molar-refractivity contribution is -0.0806. The molecule has 0 aliphatic heterocycles. The molecule has 0 amide bonds. The zero-order chi connectivity index (χ0) is 29.4. The smallest absolute Gasteiger partial charge is 0.335 e. The Morgan fingerprint density at radius 2 is 1.85 bits per heavy atom. The molecule has 4 aromatic rings. The van der Waals surface area contributed by atoms with Crippen LogP contribution in [-0.2, 0) is 10.3 Å². The number of nitrogens with two attached hydrogens (primary N) is 1. The van der Waals surface area contributed by atoms with Crippen molar-refractivity contribution in [1.82, 2.24) is 4.57 Å². The number of hydrogen-bond acceptors (Lipinski definition) is 5. The molecular weight excluding hydrogens is 516 g/mol. The molecule has 0 spiro atoms. The van der Waals surface area contributed by atoms with Gasteiger partial charge < -0.3 is 30.7 Å². The third-order valence-electron chi connectivity index (χ3n) is 7.49. The Bertz CT molecular complexity index is 1600. The molecule has 2 unspecified atom stereocenters. The molecule has 1 saturated carbocycles. The van der Waals surface area contributed by atoms with E-state index in [-0.39, 0.29) is 22.2 Å². The second-order valence-corrected chi connectivity index (χ2v) is 9.65. The third-order valence-corrected chi connectivity index (χ3v) is 7.49. The van der Waals surface area contributed by atoms with E-state index in [1.165, 1.54) is 25.3 Å². The van der Waals surface area contributed by atoms with Gasteiger partial charge in [-0.1, -0.05) is 26.0 Å². The van der Waals surface area contributed by atoms with E-state index in [2.05, 4.69) is 0 Å². The van der Waals surface area contributed by atoms with Crippen LogP contribution in [0.15, 0.2) is 48.5 Å². The molecule has 210 valence electrons. The second-order valence-electron chi connectivity index (χ2n) is 9.65. The predicted molar refractivity (Wildman–Crippen MR) is 153 cm³/mol. The van der Waals surface area contributed by atoms with Crippen molar-refractivity contribution in [3.8, 4) is 16.8 Å². The number of ether oxygens (including phenoxy) is 1. The fraction of sp³-hybridized carbons (Fsp3) is 0.290. The first kappa shape index (κ1) is 28.9. The maximum absolute atomic E-state index is 16.1. The molecule has 1 fully saturated rings. The highest BCUT2D eigenvalue weighted by Gasteiger charge is 2.48. The summed E-state index contributed by atoms with van der Waals surface area (Å²) in [6, 6.07) is 12.0. The Balaban J connectivity index is 0.00000181. The summed E-state index contributed by atoms with van der Waals surface area (Å²) in [5.74, 6) is -2.30. The van der Waals surface area contributed by atoms with Crippen LogP contribution in [0.3, 0.4) is 0 Å². The van der Waals surface area contributed by atoms with E-state index in [9.17, 15) is 19.4 Å².